The van der Waals surface area contributed by atoms with Gasteiger partial charge in [0.15, 0.2) is 0 Å². The molecule has 0 aliphatic rings. The lowest BCUT2D eigenvalue weighted by Crippen LogP contribution is -2.32. The number of carbonyl (C=O) groups is 1. The zero-order chi connectivity index (χ0) is 22.0. The number of aromatic amines is 1. The number of carbonyl (C=O) groups excluding carboxylic acids is 1. The number of hydrogen-bond acceptors (Lipinski definition) is 5. The van der Waals surface area contributed by atoms with E-state index in [2.05, 4.69) is 31.4 Å². The number of aromatic hydroxyl groups is 1. The van der Waals surface area contributed by atoms with E-state index in [-0.39, 0.29) is 5.56 Å². The minimum absolute atomic E-state index is 0.266. The van der Waals surface area contributed by atoms with Crippen LogP contribution < -0.4 is 16.7 Å². The molecule has 0 bridgehead atoms. The molecule has 0 unspecified atom stereocenters. The maximum Gasteiger partial charge on any atom is 0.335 e. The lowest BCUT2D eigenvalue weighted by atomic mass is 10.1. The van der Waals surface area contributed by atoms with Crippen LogP contribution in [0.3, 0.4) is 0 Å². The highest BCUT2D eigenvalue weighted by Crippen LogP contribution is 2.25. The smallest absolute Gasteiger partial charge is 0.335 e. The van der Waals surface area contributed by atoms with Crippen molar-refractivity contribution < 1.29 is 9.90 Å². The first-order valence-electron chi connectivity index (χ1n) is 8.64. The molecule has 3 N–H and O–H groups in total. The van der Waals surface area contributed by atoms with Crippen molar-refractivity contribution in [1.82, 2.24) is 15.0 Å². The van der Waals surface area contributed by atoms with Crippen LogP contribution in [-0.4, -0.2) is 26.8 Å². The van der Waals surface area contributed by atoms with Crippen molar-refractivity contribution in [2.75, 3.05) is 0 Å². The number of halogens is 2. The second kappa shape index (κ2) is 8.96. The maximum atomic E-state index is 12.4. The number of nitrogens with one attached hydrogen (secondary N) is 2. The highest BCUT2D eigenvalue weighted by molar-refractivity contribution is 14.1. The van der Waals surface area contributed by atoms with Crippen LogP contribution in [0, 0.1) is 17.4 Å². The molecule has 10 heteroatoms. The fourth-order valence-electron chi connectivity index (χ4n) is 2.75. The van der Waals surface area contributed by atoms with Gasteiger partial charge in [-0.3, -0.25) is 14.6 Å². The molecule has 2 aromatic carbocycles. The van der Waals surface area contributed by atoms with Crippen LogP contribution in [0.4, 0.5) is 0 Å². The summed E-state index contributed by atoms with van der Waals surface area (Å²) in [6, 6.07) is 10.4. The summed E-state index contributed by atoms with van der Waals surface area (Å²) >= 11 is 5.44. The Balaban J connectivity index is 2.00. The molecule has 0 aliphatic heterocycles. The van der Waals surface area contributed by atoms with Crippen LogP contribution in [0.2, 0.25) is 0 Å². The zero-order valence-electron chi connectivity index (χ0n) is 15.9. The van der Waals surface area contributed by atoms with Gasteiger partial charge in [0, 0.05) is 8.04 Å². The third-order valence-corrected chi connectivity index (χ3v) is 6.11. The third kappa shape index (κ3) is 4.38. The molecule has 1 amide bonds. The topological polar surface area (TPSA) is 117 Å². The number of benzene rings is 2. The average Bonchev–Trinajstić information content (AvgIpc) is 2.68. The van der Waals surface area contributed by atoms with E-state index >= 15 is 0 Å². The van der Waals surface area contributed by atoms with Gasteiger partial charge in [0.1, 0.15) is 5.56 Å². The molecular formula is C20H16BrIN4O4. The number of rotatable bonds is 4. The molecule has 1 heterocycles. The summed E-state index contributed by atoms with van der Waals surface area (Å²) in [6.07, 6.45) is 0.999. The summed E-state index contributed by atoms with van der Waals surface area (Å²) in [4.78, 5) is 39.0. The van der Waals surface area contributed by atoms with Crippen molar-refractivity contribution in [3.8, 4) is 11.6 Å². The van der Waals surface area contributed by atoms with Crippen LogP contribution >= 0.6 is 38.5 Å². The van der Waals surface area contributed by atoms with Gasteiger partial charge in [-0.25, -0.2) is 14.8 Å². The molecule has 0 saturated heterocycles. The molecule has 1 aromatic heterocycles. The van der Waals surface area contributed by atoms with E-state index in [0.717, 1.165) is 24.4 Å². The number of amides is 1. The van der Waals surface area contributed by atoms with Crippen molar-refractivity contribution in [3.63, 3.8) is 0 Å². The lowest BCUT2D eigenvalue weighted by Gasteiger charge is -2.14. The van der Waals surface area contributed by atoms with Gasteiger partial charge in [-0.1, -0.05) is 28.1 Å². The van der Waals surface area contributed by atoms with E-state index in [1.165, 1.54) is 0 Å². The molecule has 154 valence electrons. The largest absolute Gasteiger partial charge is 0.493 e. The Morgan fingerprint density at radius 2 is 1.93 bits per heavy atom. The van der Waals surface area contributed by atoms with Crippen molar-refractivity contribution in [2.24, 2.45) is 5.10 Å². The second-order valence-corrected chi connectivity index (χ2v) is 8.42. The van der Waals surface area contributed by atoms with Gasteiger partial charge in [-0.05, 0) is 71.8 Å². The van der Waals surface area contributed by atoms with Gasteiger partial charge < -0.3 is 5.11 Å². The first-order chi connectivity index (χ1) is 14.2. The summed E-state index contributed by atoms with van der Waals surface area (Å²) in [5, 5.41) is 14.4. The first kappa shape index (κ1) is 22.0. The van der Waals surface area contributed by atoms with Crippen molar-refractivity contribution in [2.45, 2.75) is 13.8 Å². The van der Waals surface area contributed by atoms with Crippen molar-refractivity contribution in [1.29, 1.82) is 0 Å². The summed E-state index contributed by atoms with van der Waals surface area (Å²) in [6.45, 7) is 3.61. The van der Waals surface area contributed by atoms with E-state index in [1.807, 2.05) is 29.5 Å². The number of aryl methyl sites for hydroxylation is 2. The summed E-state index contributed by atoms with van der Waals surface area (Å²) in [5.41, 5.74) is 2.80. The van der Waals surface area contributed by atoms with Crippen LogP contribution in [0.25, 0.3) is 5.69 Å². The number of aromatic nitrogens is 2. The highest BCUT2D eigenvalue weighted by Gasteiger charge is 2.17. The minimum Gasteiger partial charge on any atom is -0.493 e. The van der Waals surface area contributed by atoms with E-state index in [0.29, 0.717) is 16.8 Å². The monoisotopic (exact) mass is 582 g/mol. The van der Waals surface area contributed by atoms with Gasteiger partial charge in [0.25, 0.3) is 11.5 Å². The molecule has 3 rings (SSSR count). The number of hydrazone groups is 1. The zero-order valence-corrected chi connectivity index (χ0v) is 19.6. The fourth-order valence-corrected chi connectivity index (χ4v) is 3.84. The molecule has 0 fully saturated rings. The Labute approximate surface area is 192 Å². The van der Waals surface area contributed by atoms with E-state index in [4.69, 9.17) is 0 Å². The van der Waals surface area contributed by atoms with Gasteiger partial charge in [-0.2, -0.15) is 5.10 Å². The minimum atomic E-state index is -0.826. The van der Waals surface area contributed by atoms with Crippen molar-refractivity contribution >= 4 is 50.6 Å². The average molecular weight is 583 g/mol. The molecule has 0 atom stereocenters. The highest BCUT2D eigenvalue weighted by atomic mass is 127. The standard InChI is InChI=1S/C20H16BrIN4O4/c1-10-8-16(11(2)7-14(10)21)26-19(29)13(17(27)24-20(26)30)9-23-25-18(28)12-5-3-4-6-15(12)22/h3-9,29H,1-2H3,(H,25,28)(H,24,27,30). The fraction of sp³-hybridized carbons (Fsp3) is 0.100. The molecule has 0 spiro atoms. The second-order valence-electron chi connectivity index (χ2n) is 6.40. The first-order valence-corrected chi connectivity index (χ1v) is 10.5. The molecule has 3 aromatic rings. The normalized spacial score (nSPS) is 11.1. The molecule has 0 aliphatic carbocycles. The Hall–Kier alpha value is -2.73. The molecule has 30 heavy (non-hydrogen) atoms. The van der Waals surface area contributed by atoms with Gasteiger partial charge in [-0.15, -0.1) is 0 Å². The van der Waals surface area contributed by atoms with Crippen molar-refractivity contribution in [3.05, 3.63) is 87.5 Å². The van der Waals surface area contributed by atoms with Crippen LogP contribution in [-0.2, 0) is 0 Å². The van der Waals surface area contributed by atoms with Gasteiger partial charge in [0.05, 0.1) is 17.5 Å². The Bertz CT molecular complexity index is 1300. The number of nitrogens with zero attached hydrogens (tertiary/aromatic N) is 2. The van der Waals surface area contributed by atoms with Gasteiger partial charge >= 0.3 is 5.69 Å². The Morgan fingerprint density at radius 3 is 2.63 bits per heavy atom. The molecule has 8 nitrogen and oxygen atoms in total. The van der Waals surface area contributed by atoms with E-state index < -0.39 is 23.0 Å². The SMILES string of the molecule is Cc1cc(-n2c(O)c(C=NNC(=O)c3ccccc3I)c(=O)[nH]c2=O)c(C)cc1Br. The van der Waals surface area contributed by atoms with E-state index in [1.54, 1.807) is 43.3 Å². The summed E-state index contributed by atoms with van der Waals surface area (Å²) in [7, 11) is 0. The number of H-pyrrole nitrogens is 1. The summed E-state index contributed by atoms with van der Waals surface area (Å²) in [5.74, 6) is -1.05. The number of hydrogen-bond donors (Lipinski definition) is 3. The van der Waals surface area contributed by atoms with Crippen LogP contribution in [0.5, 0.6) is 5.88 Å². The predicted molar refractivity (Wildman–Crippen MR) is 126 cm³/mol. The maximum absolute atomic E-state index is 12.4. The Morgan fingerprint density at radius 1 is 1.23 bits per heavy atom. The van der Waals surface area contributed by atoms with E-state index in [9.17, 15) is 19.5 Å². The summed E-state index contributed by atoms with van der Waals surface area (Å²) < 4.78 is 2.57. The predicted octanol–water partition coefficient (Wildman–Crippen LogP) is 2.98. The lowest BCUT2D eigenvalue weighted by molar-refractivity contribution is 0.0954. The molecule has 0 saturated carbocycles. The van der Waals surface area contributed by atoms with Crippen LogP contribution in [0.15, 0.2) is 55.6 Å². The molecular weight excluding hydrogens is 567 g/mol. The third-order valence-electron chi connectivity index (χ3n) is 4.32. The Kier molecular flexibility index (Phi) is 6.56. The quantitative estimate of drug-likeness (QED) is 0.249. The molecule has 0 radical (unpaired) electrons. The van der Waals surface area contributed by atoms with Gasteiger partial charge in [0.2, 0.25) is 5.88 Å². The van der Waals surface area contributed by atoms with Crippen LogP contribution in [0.1, 0.15) is 27.0 Å².